The first-order valence-corrected chi connectivity index (χ1v) is 8.38. The number of hydrogen-bond donors (Lipinski definition) is 1. The van der Waals surface area contributed by atoms with Gasteiger partial charge >= 0.3 is 5.97 Å². The van der Waals surface area contributed by atoms with Gasteiger partial charge in [-0.2, -0.15) is 0 Å². The lowest BCUT2D eigenvalue weighted by molar-refractivity contribution is -0.155. The van der Waals surface area contributed by atoms with Gasteiger partial charge in [-0.3, -0.25) is 24.1 Å². The average Bonchev–Trinajstić information content (AvgIpc) is 3.38. The number of imide groups is 1. The minimum atomic E-state index is -0.887. The van der Waals surface area contributed by atoms with Crippen LogP contribution in [-0.2, 0) is 25.5 Å². The molecule has 2 aliphatic rings. The molecule has 1 N–H and O–H groups in total. The van der Waals surface area contributed by atoms with E-state index in [1.807, 2.05) is 0 Å². The van der Waals surface area contributed by atoms with Crippen molar-refractivity contribution in [3.05, 3.63) is 35.4 Å². The lowest BCUT2D eigenvalue weighted by atomic mass is 9.98. The lowest BCUT2D eigenvalue weighted by Crippen LogP contribution is -2.43. The molecule has 1 fully saturated rings. The molecule has 1 aliphatic heterocycles. The molecule has 0 bridgehead atoms. The van der Waals surface area contributed by atoms with Crippen LogP contribution in [0.3, 0.4) is 0 Å². The van der Waals surface area contributed by atoms with Crippen molar-refractivity contribution in [1.82, 2.24) is 10.2 Å². The highest BCUT2D eigenvalue weighted by molar-refractivity contribution is 6.09. The number of ether oxygens (including phenoxy) is 1. The fourth-order valence-corrected chi connectivity index (χ4v) is 2.69. The van der Waals surface area contributed by atoms with Gasteiger partial charge in [-0.1, -0.05) is 18.2 Å². The number of esters is 1. The van der Waals surface area contributed by atoms with Gasteiger partial charge in [-0.15, -0.1) is 0 Å². The van der Waals surface area contributed by atoms with E-state index in [0.29, 0.717) is 11.1 Å². The molecule has 3 rings (SSSR count). The molecule has 1 aromatic rings. The molecular weight excluding hydrogens is 324 g/mol. The fourth-order valence-electron chi connectivity index (χ4n) is 2.69. The quantitative estimate of drug-likeness (QED) is 0.609. The molecule has 132 valence electrons. The molecule has 0 spiro atoms. The number of carbonyl (C=O) groups is 4. The highest BCUT2D eigenvalue weighted by Crippen LogP contribution is 2.20. The molecule has 7 nitrogen and oxygen atoms in total. The fraction of sp³-hybridized carbons (Fsp3) is 0.444. The Morgan fingerprint density at radius 3 is 2.72 bits per heavy atom. The van der Waals surface area contributed by atoms with E-state index < -0.39 is 18.0 Å². The highest BCUT2D eigenvalue weighted by atomic mass is 16.5. The van der Waals surface area contributed by atoms with Crippen molar-refractivity contribution in [2.24, 2.45) is 0 Å². The van der Waals surface area contributed by atoms with Gasteiger partial charge in [0.2, 0.25) is 5.91 Å². The summed E-state index contributed by atoms with van der Waals surface area (Å²) < 4.78 is 5.07. The van der Waals surface area contributed by atoms with Crippen molar-refractivity contribution in [3.8, 4) is 0 Å². The number of nitrogens with one attached hydrogen (secondary N) is 1. The maximum atomic E-state index is 12.4. The van der Waals surface area contributed by atoms with Gasteiger partial charge in [0, 0.05) is 18.2 Å². The minimum absolute atomic E-state index is 0.0538. The predicted molar refractivity (Wildman–Crippen MR) is 87.5 cm³/mol. The summed E-state index contributed by atoms with van der Waals surface area (Å²) in [7, 11) is 0. The summed E-state index contributed by atoms with van der Waals surface area (Å²) >= 11 is 0. The zero-order chi connectivity index (χ0) is 18.0. The lowest BCUT2D eigenvalue weighted by Gasteiger charge is -2.26. The van der Waals surface area contributed by atoms with E-state index in [2.05, 4.69) is 5.32 Å². The van der Waals surface area contributed by atoms with Crippen molar-refractivity contribution in [1.29, 1.82) is 0 Å². The molecule has 0 radical (unpaired) electrons. The van der Waals surface area contributed by atoms with Gasteiger partial charge in [0.15, 0.2) is 6.10 Å². The van der Waals surface area contributed by atoms with Gasteiger partial charge in [0.1, 0.15) is 0 Å². The molecule has 1 saturated carbocycles. The van der Waals surface area contributed by atoms with Crippen LogP contribution in [0.15, 0.2) is 24.3 Å². The Hall–Kier alpha value is -2.70. The standard InChI is InChI=1S/C18H20N2O5/c1-11(17(23)19-13-6-7-13)25-16(22)8-9-20-15(21)10-12-4-2-3-5-14(12)18(20)24/h2-5,11,13H,6-10H2,1H3,(H,19,23)/t11-/m0/s1. The zero-order valence-electron chi connectivity index (χ0n) is 14.0. The Morgan fingerprint density at radius 1 is 1.28 bits per heavy atom. The number of carbonyl (C=O) groups excluding carboxylic acids is 4. The van der Waals surface area contributed by atoms with Crippen molar-refractivity contribution >= 4 is 23.7 Å². The number of nitrogens with zero attached hydrogens (tertiary/aromatic N) is 1. The normalized spacial score (nSPS) is 17.7. The van der Waals surface area contributed by atoms with Crippen LogP contribution in [0.1, 0.15) is 42.1 Å². The number of amides is 3. The van der Waals surface area contributed by atoms with Gasteiger partial charge in [0.25, 0.3) is 11.8 Å². The van der Waals surface area contributed by atoms with Gasteiger partial charge in [-0.05, 0) is 31.4 Å². The largest absolute Gasteiger partial charge is 0.452 e. The second-order valence-corrected chi connectivity index (χ2v) is 6.35. The molecule has 25 heavy (non-hydrogen) atoms. The van der Waals surface area contributed by atoms with Crippen molar-refractivity contribution in [3.63, 3.8) is 0 Å². The maximum absolute atomic E-state index is 12.4. The van der Waals surface area contributed by atoms with E-state index in [1.54, 1.807) is 24.3 Å². The molecular formula is C18H20N2O5. The van der Waals surface area contributed by atoms with Crippen LogP contribution in [0.4, 0.5) is 0 Å². The van der Waals surface area contributed by atoms with Gasteiger partial charge < -0.3 is 10.1 Å². The molecule has 0 unspecified atom stereocenters. The monoisotopic (exact) mass is 344 g/mol. The second-order valence-electron chi connectivity index (χ2n) is 6.35. The molecule has 1 heterocycles. The molecule has 1 aromatic carbocycles. The smallest absolute Gasteiger partial charge is 0.308 e. The summed E-state index contributed by atoms with van der Waals surface area (Å²) in [5, 5.41) is 2.75. The molecule has 1 atom stereocenters. The van der Waals surface area contributed by atoms with Crippen LogP contribution in [0, 0.1) is 0 Å². The van der Waals surface area contributed by atoms with Crippen LogP contribution in [0.2, 0.25) is 0 Å². The van der Waals surface area contributed by atoms with Crippen molar-refractivity contribution < 1.29 is 23.9 Å². The maximum Gasteiger partial charge on any atom is 0.308 e. The summed E-state index contributed by atoms with van der Waals surface area (Å²) in [6, 6.07) is 7.12. The van der Waals surface area contributed by atoms with Crippen molar-refractivity contribution in [2.75, 3.05) is 6.54 Å². The van der Waals surface area contributed by atoms with E-state index in [4.69, 9.17) is 4.74 Å². The number of hydrogen-bond acceptors (Lipinski definition) is 5. The average molecular weight is 344 g/mol. The van der Waals surface area contributed by atoms with Crippen LogP contribution < -0.4 is 5.32 Å². The van der Waals surface area contributed by atoms with Gasteiger partial charge in [0.05, 0.1) is 12.8 Å². The molecule has 7 heteroatoms. The van der Waals surface area contributed by atoms with Crippen LogP contribution in [-0.4, -0.2) is 47.3 Å². The molecule has 0 aromatic heterocycles. The van der Waals surface area contributed by atoms with E-state index in [9.17, 15) is 19.2 Å². The van der Waals surface area contributed by atoms with Crippen LogP contribution in [0.5, 0.6) is 0 Å². The Balaban J connectivity index is 1.52. The van der Waals surface area contributed by atoms with E-state index in [1.165, 1.54) is 6.92 Å². The Labute approximate surface area is 145 Å². The SMILES string of the molecule is C[C@H](OC(=O)CCN1C(=O)Cc2ccccc2C1=O)C(=O)NC1CC1. The third kappa shape index (κ3) is 4.04. The minimum Gasteiger partial charge on any atom is -0.452 e. The van der Waals surface area contributed by atoms with Gasteiger partial charge in [-0.25, -0.2) is 0 Å². The van der Waals surface area contributed by atoms with Crippen molar-refractivity contribution in [2.45, 2.75) is 44.8 Å². The first kappa shape index (κ1) is 17.1. The second kappa shape index (κ2) is 7.04. The summed E-state index contributed by atoms with van der Waals surface area (Å²) in [5.41, 5.74) is 1.18. The first-order chi connectivity index (χ1) is 12.0. The van der Waals surface area contributed by atoms with E-state index in [0.717, 1.165) is 17.7 Å². The molecule has 3 amide bonds. The molecule has 1 aliphatic carbocycles. The summed E-state index contributed by atoms with van der Waals surface area (Å²) in [5.74, 6) is -1.68. The number of benzene rings is 1. The zero-order valence-corrected chi connectivity index (χ0v) is 14.0. The first-order valence-electron chi connectivity index (χ1n) is 8.38. The Bertz CT molecular complexity index is 726. The topological polar surface area (TPSA) is 92.8 Å². The predicted octanol–water partition coefficient (Wildman–Crippen LogP) is 0.812. The third-order valence-electron chi connectivity index (χ3n) is 4.28. The summed E-state index contributed by atoms with van der Waals surface area (Å²) in [6.07, 6.45) is 1.01. The summed E-state index contributed by atoms with van der Waals surface area (Å²) in [6.45, 7) is 1.45. The van der Waals surface area contributed by atoms with Crippen LogP contribution >= 0.6 is 0 Å². The van der Waals surface area contributed by atoms with Crippen LogP contribution in [0.25, 0.3) is 0 Å². The van der Waals surface area contributed by atoms with E-state index in [-0.39, 0.29) is 37.2 Å². The third-order valence-corrected chi connectivity index (χ3v) is 4.28. The molecule has 0 saturated heterocycles. The Kier molecular flexibility index (Phi) is 4.83. The number of fused-ring (bicyclic) bond motifs is 1. The number of rotatable bonds is 6. The Morgan fingerprint density at radius 2 is 2.00 bits per heavy atom. The highest BCUT2D eigenvalue weighted by Gasteiger charge is 2.31. The summed E-state index contributed by atoms with van der Waals surface area (Å²) in [4.78, 5) is 49.3. The van der Waals surface area contributed by atoms with E-state index >= 15 is 0 Å².